The second-order valence-corrected chi connectivity index (χ2v) is 6.46. The molecule has 0 saturated carbocycles. The highest BCUT2D eigenvalue weighted by Crippen LogP contribution is 2.32. The third kappa shape index (κ3) is 4.65. The van der Waals surface area contributed by atoms with E-state index in [0.717, 1.165) is 15.8 Å². The Balaban J connectivity index is 2.07. The number of thioether (sulfide) groups is 1. The lowest BCUT2D eigenvalue weighted by Crippen LogP contribution is -2.10. The molecule has 0 saturated heterocycles. The first-order chi connectivity index (χ1) is 9.65. The first-order valence-corrected chi connectivity index (χ1v) is 8.02. The molecule has 0 bridgehead atoms. The van der Waals surface area contributed by atoms with E-state index in [2.05, 4.69) is 15.9 Å². The zero-order valence-corrected chi connectivity index (χ0v) is 13.1. The predicted octanol–water partition coefficient (Wildman–Crippen LogP) is 4.70. The minimum absolute atomic E-state index is 0.0564. The second kappa shape index (κ2) is 7.45. The van der Waals surface area contributed by atoms with Gasteiger partial charge in [-0.05, 0) is 23.3 Å². The van der Waals surface area contributed by atoms with Crippen molar-refractivity contribution in [2.75, 3.05) is 6.54 Å². The summed E-state index contributed by atoms with van der Waals surface area (Å²) >= 11 is 4.99. The fourth-order valence-corrected chi connectivity index (χ4v) is 3.27. The molecule has 0 aliphatic rings. The average molecular weight is 352 g/mol. The molecule has 2 aromatic carbocycles. The lowest BCUT2D eigenvalue weighted by molar-refractivity contribution is -0.479. The molecule has 0 heterocycles. The lowest BCUT2D eigenvalue weighted by atomic mass is 10.1. The highest BCUT2D eigenvalue weighted by atomic mass is 79.9. The summed E-state index contributed by atoms with van der Waals surface area (Å²) < 4.78 is 0.981. The van der Waals surface area contributed by atoms with Gasteiger partial charge in [0.05, 0.1) is 5.25 Å². The van der Waals surface area contributed by atoms with Gasteiger partial charge < -0.3 is 0 Å². The van der Waals surface area contributed by atoms with Crippen LogP contribution in [0.15, 0.2) is 59.1 Å². The Morgan fingerprint density at radius 3 is 2.35 bits per heavy atom. The SMILES string of the molecule is O=[N+]([O-])C[C@@H](SCc1ccccc1)c1ccc(Br)cc1. The maximum Gasteiger partial charge on any atom is 0.219 e. The van der Waals surface area contributed by atoms with Gasteiger partial charge in [-0.2, -0.15) is 0 Å². The predicted molar refractivity (Wildman–Crippen MR) is 86.5 cm³/mol. The zero-order valence-electron chi connectivity index (χ0n) is 10.7. The van der Waals surface area contributed by atoms with Crippen LogP contribution in [0, 0.1) is 10.1 Å². The Morgan fingerprint density at radius 1 is 1.10 bits per heavy atom. The van der Waals surface area contributed by atoms with Gasteiger partial charge in [-0.1, -0.05) is 58.4 Å². The van der Waals surface area contributed by atoms with Crippen LogP contribution in [0.2, 0.25) is 0 Å². The lowest BCUT2D eigenvalue weighted by Gasteiger charge is -2.13. The van der Waals surface area contributed by atoms with E-state index in [1.807, 2.05) is 54.6 Å². The van der Waals surface area contributed by atoms with Crippen molar-refractivity contribution in [2.45, 2.75) is 11.0 Å². The summed E-state index contributed by atoms with van der Waals surface area (Å²) in [7, 11) is 0. The molecule has 5 heteroatoms. The van der Waals surface area contributed by atoms with E-state index in [1.165, 1.54) is 5.56 Å². The van der Waals surface area contributed by atoms with Gasteiger partial charge >= 0.3 is 0 Å². The minimum Gasteiger partial charge on any atom is -0.264 e. The van der Waals surface area contributed by atoms with Crippen molar-refractivity contribution >= 4 is 27.7 Å². The molecule has 20 heavy (non-hydrogen) atoms. The molecule has 2 rings (SSSR count). The van der Waals surface area contributed by atoms with Gasteiger partial charge in [0, 0.05) is 15.1 Å². The average Bonchev–Trinajstić information content (AvgIpc) is 2.45. The van der Waals surface area contributed by atoms with Crippen molar-refractivity contribution in [3.05, 3.63) is 80.3 Å². The summed E-state index contributed by atoms with van der Waals surface area (Å²) in [5, 5.41) is 10.7. The van der Waals surface area contributed by atoms with Crippen LogP contribution in [0.4, 0.5) is 0 Å². The summed E-state index contributed by atoms with van der Waals surface area (Å²) in [6.07, 6.45) is 0. The number of nitro groups is 1. The normalized spacial score (nSPS) is 12.1. The van der Waals surface area contributed by atoms with Crippen LogP contribution in [0.3, 0.4) is 0 Å². The fraction of sp³-hybridized carbons (Fsp3) is 0.200. The van der Waals surface area contributed by atoms with Crippen molar-refractivity contribution in [1.82, 2.24) is 0 Å². The second-order valence-electron chi connectivity index (χ2n) is 4.35. The van der Waals surface area contributed by atoms with Crippen LogP contribution in [0.5, 0.6) is 0 Å². The third-order valence-corrected chi connectivity index (χ3v) is 4.70. The van der Waals surface area contributed by atoms with Gasteiger partial charge in [0.15, 0.2) is 0 Å². The number of hydrogen-bond acceptors (Lipinski definition) is 3. The quantitative estimate of drug-likeness (QED) is 0.559. The molecule has 0 radical (unpaired) electrons. The molecular formula is C15H14BrNO2S. The van der Waals surface area contributed by atoms with Crippen molar-refractivity contribution in [3.8, 4) is 0 Å². The fourth-order valence-electron chi connectivity index (χ4n) is 1.84. The van der Waals surface area contributed by atoms with Crippen LogP contribution in [0.25, 0.3) is 0 Å². The summed E-state index contributed by atoms with van der Waals surface area (Å²) in [6.45, 7) is -0.0564. The van der Waals surface area contributed by atoms with Crippen LogP contribution in [-0.2, 0) is 5.75 Å². The molecule has 3 nitrogen and oxygen atoms in total. The van der Waals surface area contributed by atoms with Gasteiger partial charge in [-0.3, -0.25) is 10.1 Å². The molecule has 0 aliphatic heterocycles. The number of hydrogen-bond donors (Lipinski definition) is 0. The molecule has 104 valence electrons. The van der Waals surface area contributed by atoms with E-state index in [1.54, 1.807) is 11.8 Å². The monoisotopic (exact) mass is 351 g/mol. The van der Waals surface area contributed by atoms with Crippen molar-refractivity contribution < 1.29 is 4.92 Å². The Labute approximate surface area is 130 Å². The summed E-state index contributed by atoms with van der Waals surface area (Å²) in [4.78, 5) is 10.6. The molecule has 0 amide bonds. The number of benzene rings is 2. The van der Waals surface area contributed by atoms with Crippen LogP contribution in [-0.4, -0.2) is 11.5 Å². The summed E-state index contributed by atoms with van der Waals surface area (Å²) in [6, 6.07) is 17.7. The van der Waals surface area contributed by atoms with E-state index in [-0.39, 0.29) is 16.7 Å². The summed E-state index contributed by atoms with van der Waals surface area (Å²) in [5.41, 5.74) is 2.17. The van der Waals surface area contributed by atoms with Crippen LogP contribution < -0.4 is 0 Å². The van der Waals surface area contributed by atoms with E-state index >= 15 is 0 Å². The highest BCUT2D eigenvalue weighted by molar-refractivity contribution is 9.10. The molecule has 0 aromatic heterocycles. The smallest absolute Gasteiger partial charge is 0.219 e. The van der Waals surface area contributed by atoms with Gasteiger partial charge in [0.2, 0.25) is 6.54 Å². The highest BCUT2D eigenvalue weighted by Gasteiger charge is 2.18. The van der Waals surface area contributed by atoms with Crippen molar-refractivity contribution in [3.63, 3.8) is 0 Å². The number of halogens is 1. The molecule has 0 spiro atoms. The molecule has 0 unspecified atom stereocenters. The van der Waals surface area contributed by atoms with E-state index in [0.29, 0.717) is 0 Å². The van der Waals surface area contributed by atoms with E-state index in [4.69, 9.17) is 0 Å². The first-order valence-electron chi connectivity index (χ1n) is 6.18. The maximum absolute atomic E-state index is 10.8. The Morgan fingerprint density at radius 2 is 1.75 bits per heavy atom. The summed E-state index contributed by atoms with van der Waals surface area (Å²) in [5.74, 6) is 0.773. The van der Waals surface area contributed by atoms with Gasteiger partial charge in [-0.25, -0.2) is 0 Å². The molecule has 0 fully saturated rings. The topological polar surface area (TPSA) is 43.1 Å². The van der Waals surface area contributed by atoms with Crippen molar-refractivity contribution in [2.24, 2.45) is 0 Å². The number of rotatable bonds is 6. The van der Waals surface area contributed by atoms with Crippen LogP contribution >= 0.6 is 27.7 Å². The zero-order chi connectivity index (χ0) is 14.4. The molecule has 1 atom stereocenters. The Kier molecular flexibility index (Phi) is 5.61. The Hall–Kier alpha value is -1.33. The van der Waals surface area contributed by atoms with E-state index in [9.17, 15) is 10.1 Å². The largest absolute Gasteiger partial charge is 0.264 e. The third-order valence-electron chi connectivity index (χ3n) is 2.85. The standard InChI is InChI=1S/C15H14BrNO2S/c16-14-8-6-13(7-9-14)15(10-17(18)19)20-11-12-4-2-1-3-5-12/h1-9,15H,10-11H2/t15-/m1/s1. The molecule has 0 N–H and O–H groups in total. The van der Waals surface area contributed by atoms with Gasteiger partial charge in [-0.15, -0.1) is 11.8 Å². The van der Waals surface area contributed by atoms with Crippen LogP contribution in [0.1, 0.15) is 16.4 Å². The molecule has 2 aromatic rings. The number of nitrogens with zero attached hydrogens (tertiary/aromatic N) is 1. The molecule has 0 aliphatic carbocycles. The first kappa shape index (κ1) is 15.1. The maximum atomic E-state index is 10.8. The van der Waals surface area contributed by atoms with Gasteiger partial charge in [0.25, 0.3) is 0 Å². The van der Waals surface area contributed by atoms with Gasteiger partial charge in [0.1, 0.15) is 0 Å². The van der Waals surface area contributed by atoms with Crippen molar-refractivity contribution in [1.29, 1.82) is 0 Å². The minimum atomic E-state index is -0.245. The van der Waals surface area contributed by atoms with E-state index < -0.39 is 0 Å². The molecular weight excluding hydrogens is 338 g/mol. The Bertz CT molecular complexity index is 560.